The van der Waals surface area contributed by atoms with Crippen molar-refractivity contribution in [2.45, 2.75) is 180 Å². The van der Waals surface area contributed by atoms with Crippen molar-refractivity contribution in [2.75, 3.05) is 0 Å². The second kappa shape index (κ2) is 26.3. The van der Waals surface area contributed by atoms with Gasteiger partial charge in [-0.1, -0.05) is 82.4 Å². The van der Waals surface area contributed by atoms with Crippen molar-refractivity contribution in [1.82, 2.24) is 17.2 Å². The molecule has 4 amide bonds. The molecule has 2 saturated carbocycles. The summed E-state index contributed by atoms with van der Waals surface area (Å²) in [6.45, 7) is 13.0. The lowest BCUT2D eigenvalue weighted by Gasteiger charge is -2.46. The Bertz CT molecular complexity index is 3610. The smallest absolute Gasteiger partial charge is 0.348 e. The minimum absolute atomic E-state index is 0.176. The maximum atomic E-state index is 13.3. The normalized spacial score (nSPS) is 24.4. The highest BCUT2D eigenvalue weighted by atomic mass is 32.2. The third-order valence-corrected chi connectivity index (χ3v) is 20.6. The number of hydrogen-bond donors (Lipinski definition) is 3. The molecule has 4 spiro atoms. The molecular weight excluding hydrogens is 1240 g/mol. The fraction of sp³-hybridized carbons (Fsp3) is 0.459. The molecule has 0 aromatic rings. The molecule has 6 heterocycles. The second-order valence-electron chi connectivity index (χ2n) is 22.5. The molecule has 3 saturated heterocycles. The first-order valence-electron chi connectivity index (χ1n) is 29.4. The summed E-state index contributed by atoms with van der Waals surface area (Å²) in [5.74, 6) is -18.4. The van der Waals surface area contributed by atoms with Crippen LogP contribution in [0.25, 0.3) is 0 Å². The lowest BCUT2D eigenvalue weighted by Crippen LogP contribution is -2.61. The SMILES string of the molecule is CCC(C)N1C(=O)C(=CC=CC=CC2=C(O)OC3(CCC4(CC3)OC(=O)C(=CC=CC=CC3=C(O)OC5(CCC6(CC5)OC(=O)C(C=CC=CC=C5C(=O)N(C(C)CC)S(=O)(=O)N(C(C)CC)C5=O)=C(O)O6)OC3=O)C(=O)O4)OC2=O)C(=O)N(C(C)CC)S1(=O)=O. The molecule has 5 fully saturated rings. The summed E-state index contributed by atoms with van der Waals surface area (Å²) in [7, 11) is -8.88. The largest absolute Gasteiger partial charge is 0.480 e. The molecular formula is C61H70N4O24S2. The van der Waals surface area contributed by atoms with Gasteiger partial charge >= 0.3 is 50.3 Å². The third-order valence-electron chi connectivity index (χ3n) is 16.5. The van der Waals surface area contributed by atoms with Gasteiger partial charge in [0.15, 0.2) is 0 Å². The van der Waals surface area contributed by atoms with E-state index < -0.39 is 172 Å². The van der Waals surface area contributed by atoms with Crippen LogP contribution in [-0.2, 0) is 101 Å². The Labute approximate surface area is 524 Å². The number of allylic oxidation sites excluding steroid dienone is 12. The van der Waals surface area contributed by atoms with Crippen LogP contribution < -0.4 is 0 Å². The zero-order valence-electron chi connectivity index (χ0n) is 51.0. The maximum Gasteiger partial charge on any atom is 0.348 e. The quantitative estimate of drug-likeness (QED) is 0.0480. The standard InChI is InChI=1S/C61H70N4O24S2/c1-9-36(5)62-46(66)40(47(67)63(37(6)10-2)90(62,78)79)22-16-13-18-24-42-50(70)82-58(83-51(42)71)28-32-60(33-29-58)86-54(74)44(55(75)87-60)26-20-15-21-27-45-56(76)88-61(89-57(45)77)34-30-59(31-35-61)84-52(72)43(53(73)85-59)25-19-14-17-23-41-48(68)64(38(7)11-3)91(80,81)65(49(41)69)39(8)12-4/h13-27,36-39,70,72,74H,9-12,28-35H2,1-8H3. The highest BCUT2D eigenvalue weighted by Gasteiger charge is 2.58. The van der Waals surface area contributed by atoms with Crippen molar-refractivity contribution < 1.29 is 113 Å². The number of aliphatic hydroxyl groups excluding tert-OH is 3. The number of carbonyl (C=O) groups excluding carboxylic acids is 9. The summed E-state index contributed by atoms with van der Waals surface area (Å²) in [5, 5.41) is 32.5. The van der Waals surface area contributed by atoms with E-state index in [0.29, 0.717) is 42.9 Å². The van der Waals surface area contributed by atoms with E-state index in [1.54, 1.807) is 55.4 Å². The van der Waals surface area contributed by atoms with E-state index >= 15 is 0 Å². The first kappa shape index (κ1) is 67.7. The van der Waals surface area contributed by atoms with Crippen LogP contribution in [0.1, 0.15) is 132 Å². The minimum Gasteiger partial charge on any atom is -0.480 e. The number of rotatable bonds is 17. The van der Waals surface area contributed by atoms with Crippen LogP contribution in [0.4, 0.5) is 0 Å². The highest BCUT2D eigenvalue weighted by molar-refractivity contribution is 7.88. The number of hydrogen-bond acceptors (Lipinski definition) is 24. The summed E-state index contributed by atoms with van der Waals surface area (Å²) < 4.78 is 101. The molecule has 2 aliphatic carbocycles. The highest BCUT2D eigenvalue weighted by Crippen LogP contribution is 2.48. The Hall–Kier alpha value is -9.19. The van der Waals surface area contributed by atoms with Crippen molar-refractivity contribution in [1.29, 1.82) is 0 Å². The van der Waals surface area contributed by atoms with Gasteiger partial charge in [-0.2, -0.15) is 16.8 Å². The van der Waals surface area contributed by atoms with Crippen LogP contribution in [0.3, 0.4) is 0 Å². The van der Waals surface area contributed by atoms with Gasteiger partial charge in [-0.15, -0.1) is 0 Å². The lowest BCUT2D eigenvalue weighted by molar-refractivity contribution is -0.302. The van der Waals surface area contributed by atoms with Gasteiger partial charge in [0, 0.05) is 75.5 Å². The second-order valence-corrected chi connectivity index (χ2v) is 25.8. The zero-order chi connectivity index (χ0) is 66.8. The van der Waals surface area contributed by atoms with E-state index in [0.717, 1.165) is 36.5 Å². The fourth-order valence-corrected chi connectivity index (χ4v) is 14.7. The molecule has 28 nitrogen and oxygen atoms in total. The predicted molar refractivity (Wildman–Crippen MR) is 314 cm³/mol. The summed E-state index contributed by atoms with van der Waals surface area (Å²) in [6, 6.07) is -2.96. The maximum absolute atomic E-state index is 13.3. The molecule has 0 aromatic heterocycles. The van der Waals surface area contributed by atoms with E-state index in [4.69, 9.17) is 37.9 Å². The summed E-state index contributed by atoms with van der Waals surface area (Å²) in [6.07, 6.45) is 18.0. The predicted octanol–water partition coefficient (Wildman–Crippen LogP) is 6.19. The van der Waals surface area contributed by atoms with Crippen molar-refractivity contribution in [3.63, 3.8) is 0 Å². The Kier molecular flexibility index (Phi) is 19.6. The summed E-state index contributed by atoms with van der Waals surface area (Å²) in [4.78, 5) is 119. The molecule has 0 aromatic carbocycles. The van der Waals surface area contributed by atoms with Crippen LogP contribution in [0.5, 0.6) is 0 Å². The number of aliphatic hydroxyl groups is 3. The zero-order valence-corrected chi connectivity index (χ0v) is 52.6. The summed E-state index contributed by atoms with van der Waals surface area (Å²) in [5.41, 5.74) is -2.49. The molecule has 4 unspecified atom stereocenters. The van der Waals surface area contributed by atoms with E-state index in [-0.39, 0.29) is 51.4 Å². The number of amides is 4. The molecule has 30 heteroatoms. The van der Waals surface area contributed by atoms with Crippen LogP contribution in [-0.4, -0.2) is 150 Å². The number of nitrogens with zero attached hydrogens (tertiary/aromatic N) is 4. The molecule has 0 bridgehead atoms. The van der Waals surface area contributed by atoms with Crippen LogP contribution in [0, 0.1) is 0 Å². The first-order chi connectivity index (χ1) is 42.9. The van der Waals surface area contributed by atoms with E-state index in [1.807, 2.05) is 0 Å². The van der Waals surface area contributed by atoms with Crippen molar-refractivity contribution >= 4 is 73.9 Å². The van der Waals surface area contributed by atoms with Gasteiger partial charge in [-0.3, -0.25) is 19.2 Å². The molecule has 4 atom stereocenters. The van der Waals surface area contributed by atoms with Gasteiger partial charge < -0.3 is 53.2 Å². The van der Waals surface area contributed by atoms with E-state index in [2.05, 4.69) is 0 Å². The average molecular weight is 1310 g/mol. The molecule has 91 heavy (non-hydrogen) atoms. The molecule has 8 rings (SSSR count). The fourth-order valence-electron chi connectivity index (χ4n) is 10.7. The molecule has 3 N–H and O–H groups in total. The molecule has 490 valence electrons. The van der Waals surface area contributed by atoms with Crippen molar-refractivity contribution in [2.24, 2.45) is 0 Å². The van der Waals surface area contributed by atoms with Gasteiger partial charge in [-0.25, -0.2) is 41.2 Å². The van der Waals surface area contributed by atoms with Crippen LogP contribution in [0.15, 0.2) is 142 Å². The van der Waals surface area contributed by atoms with E-state index in [1.165, 1.54) is 54.7 Å². The number of ether oxygens (including phenoxy) is 8. The third kappa shape index (κ3) is 13.2. The number of carbonyl (C=O) groups is 9. The van der Waals surface area contributed by atoms with Crippen molar-refractivity contribution in [3.8, 4) is 0 Å². The Balaban J connectivity index is 0.815. The molecule has 0 radical (unpaired) electrons. The average Bonchev–Trinajstić information content (AvgIpc) is 0.791. The monoisotopic (exact) mass is 1310 g/mol. The molecule has 6 aliphatic heterocycles. The number of esters is 5. The van der Waals surface area contributed by atoms with Gasteiger partial charge in [0.25, 0.3) is 64.6 Å². The minimum atomic E-state index is -4.44. The first-order valence-corrected chi connectivity index (χ1v) is 32.2. The van der Waals surface area contributed by atoms with Crippen LogP contribution >= 0.6 is 0 Å². The Morgan fingerprint density at radius 2 is 0.571 bits per heavy atom. The van der Waals surface area contributed by atoms with Crippen LogP contribution in [0.2, 0.25) is 0 Å². The molecule has 8 aliphatic rings. The Morgan fingerprint density at radius 1 is 0.352 bits per heavy atom. The van der Waals surface area contributed by atoms with Gasteiger partial charge in [0.2, 0.25) is 0 Å². The summed E-state index contributed by atoms with van der Waals surface area (Å²) >= 11 is 0. The lowest BCUT2D eigenvalue weighted by atomic mass is 9.87. The van der Waals surface area contributed by atoms with E-state index in [9.17, 15) is 75.3 Å². The van der Waals surface area contributed by atoms with Gasteiger partial charge in [0.05, 0.1) is 0 Å². The Morgan fingerprint density at radius 3 is 0.802 bits per heavy atom. The topological polar surface area (TPSA) is 369 Å². The van der Waals surface area contributed by atoms with Crippen molar-refractivity contribution in [3.05, 3.63) is 142 Å². The van der Waals surface area contributed by atoms with Gasteiger partial charge in [0.1, 0.15) is 33.4 Å². The van der Waals surface area contributed by atoms with Gasteiger partial charge in [-0.05, 0) is 89.8 Å².